The van der Waals surface area contributed by atoms with Crippen LogP contribution in [0.4, 0.5) is 9.59 Å². The van der Waals surface area contributed by atoms with Crippen molar-refractivity contribution >= 4 is 65.1 Å². The van der Waals surface area contributed by atoms with E-state index in [2.05, 4.69) is 21.4 Å². The van der Waals surface area contributed by atoms with Gasteiger partial charge in [-0.1, -0.05) is 36.4 Å². The molecule has 25 nitrogen and oxygen atoms in total. The third-order valence-electron chi connectivity index (χ3n) is 22.8. The molecule has 0 saturated carbocycles. The fourth-order valence-corrected chi connectivity index (χ4v) is 15.5. The Balaban J connectivity index is 0.000000159. The Morgan fingerprint density at radius 2 is 0.783 bits per heavy atom. The van der Waals surface area contributed by atoms with Gasteiger partial charge in [-0.15, -0.1) is 0 Å². The van der Waals surface area contributed by atoms with E-state index in [-0.39, 0.29) is 69.9 Å². The van der Waals surface area contributed by atoms with Gasteiger partial charge in [0.2, 0.25) is 0 Å². The standard InChI is InChI=1S/C28H34N2O5.C27H33N3O5.C23H26N2O3.C16H25BN2O3/c1-6-29(7-2)25(32)20-10-8-19(9-11-20)23-17-28(34-24-13-12-21(31)16-22(23)24)14-15-30(18-28)26(33)35-27(3,4)5;1-6-29(7-2)24(32)22-10-8-18(16-28-22)21-15-27(34-23-11-9-19(31)14-20(21)23)12-13-30(17-27)25(33)35-26(3,4)5;1-3-25(4-2)22(27)17-7-5-16(6-8-17)20-14-23(11-12-24-15-23)28-21-10-9-18(26)13-19(20)21;1-7-19(8-2)14(20)13-10-9-12(11-18-13)17-21-15(3,4)16(5,6)22-17/h8-13,16-17,31H,6-7,14-15,18H2,1-5H3;8-11,14-16,31H,6-7,12-13,17H2,1-5H3;5-10,13-14,24,26H,3-4,11-12,15H2,1-2H3;9-11H,7-8H2,1-6H3. The number of nitrogens with one attached hydrogen (secondary N) is 1. The van der Waals surface area contributed by atoms with Crippen molar-refractivity contribution in [2.45, 2.75) is 183 Å². The molecule has 26 heteroatoms. The smallest absolute Gasteiger partial charge is 0.496 e. The van der Waals surface area contributed by atoms with Gasteiger partial charge in [0.15, 0.2) is 0 Å². The van der Waals surface area contributed by atoms with Gasteiger partial charge in [0.1, 0.15) is 73.9 Å². The summed E-state index contributed by atoms with van der Waals surface area (Å²) < 4.78 is 42.2. The molecule has 7 aliphatic heterocycles. The van der Waals surface area contributed by atoms with Gasteiger partial charge in [0.25, 0.3) is 23.6 Å². The van der Waals surface area contributed by atoms with Gasteiger partial charge in [0, 0.05) is 142 Å². The zero-order chi connectivity index (χ0) is 87.0. The molecule has 6 amide bonds. The van der Waals surface area contributed by atoms with Gasteiger partial charge in [-0.25, -0.2) is 9.59 Å². The van der Waals surface area contributed by atoms with E-state index in [4.69, 9.17) is 33.0 Å². The number of hydrogen-bond acceptors (Lipinski definition) is 19. The number of phenolic OH excluding ortho intramolecular Hbond substituents is 3. The van der Waals surface area contributed by atoms with Crippen molar-refractivity contribution in [3.63, 3.8) is 0 Å². The van der Waals surface area contributed by atoms with Crippen molar-refractivity contribution in [2.75, 3.05) is 91.6 Å². The Hall–Kier alpha value is -11.2. The zero-order valence-electron chi connectivity index (χ0n) is 72.8. The second-order valence-corrected chi connectivity index (χ2v) is 34.0. The average molecular weight is 1640 g/mol. The third kappa shape index (κ3) is 20.4. The quantitative estimate of drug-likeness (QED) is 0.0654. The topological polar surface area (TPSA) is 285 Å². The second-order valence-electron chi connectivity index (χ2n) is 34.0. The van der Waals surface area contributed by atoms with E-state index in [0.29, 0.717) is 125 Å². The normalized spacial score (nSPS) is 19.4. The molecule has 0 bridgehead atoms. The number of carbonyl (C=O) groups excluding carboxylic acids is 6. The molecule has 3 atom stereocenters. The first-order valence-electron chi connectivity index (χ1n) is 41.9. The highest BCUT2D eigenvalue weighted by Crippen LogP contribution is 2.48. The lowest BCUT2D eigenvalue weighted by Crippen LogP contribution is -2.42. The van der Waals surface area contributed by atoms with Crippen LogP contribution in [0.15, 0.2) is 158 Å². The van der Waals surface area contributed by atoms with E-state index in [0.717, 1.165) is 80.8 Å². The van der Waals surface area contributed by atoms with Gasteiger partial charge in [0.05, 0.1) is 24.3 Å². The summed E-state index contributed by atoms with van der Waals surface area (Å²) in [6.07, 6.45) is 10.9. The van der Waals surface area contributed by atoms with Crippen molar-refractivity contribution in [1.82, 2.24) is 44.7 Å². The first-order valence-corrected chi connectivity index (χ1v) is 41.9. The Labute approximate surface area is 706 Å². The highest BCUT2D eigenvalue weighted by molar-refractivity contribution is 6.62. The van der Waals surface area contributed by atoms with Gasteiger partial charge in [-0.3, -0.25) is 29.1 Å². The number of carbonyl (C=O) groups is 6. The maximum Gasteiger partial charge on any atom is 0.496 e. The van der Waals surface area contributed by atoms with Crippen molar-refractivity contribution in [2.24, 2.45) is 0 Å². The van der Waals surface area contributed by atoms with E-state index >= 15 is 0 Å². The van der Waals surface area contributed by atoms with Crippen LogP contribution in [0, 0.1) is 0 Å². The largest absolute Gasteiger partial charge is 0.508 e. The summed E-state index contributed by atoms with van der Waals surface area (Å²) in [4.78, 5) is 94.8. The molecule has 3 unspecified atom stereocenters. The summed E-state index contributed by atoms with van der Waals surface area (Å²) >= 11 is 0. The number of aromatic nitrogens is 2. The zero-order valence-corrected chi connectivity index (χ0v) is 72.8. The molecule has 0 aliphatic carbocycles. The molecular weight excluding hydrogens is 1520 g/mol. The number of nitrogens with zero attached hydrogens (tertiary/aromatic N) is 8. The number of likely N-dealkylation sites (tertiary alicyclic amines) is 2. The number of ether oxygens (including phenoxy) is 5. The van der Waals surface area contributed by atoms with Gasteiger partial charge in [-0.2, -0.15) is 0 Å². The maximum absolute atomic E-state index is 12.7. The summed E-state index contributed by atoms with van der Waals surface area (Å²) in [6, 6.07) is 37.7. The van der Waals surface area contributed by atoms with Crippen LogP contribution >= 0.6 is 0 Å². The van der Waals surface area contributed by atoms with Gasteiger partial charge in [-0.05, 0) is 268 Å². The van der Waals surface area contributed by atoms with E-state index in [1.165, 1.54) is 0 Å². The average Bonchev–Trinajstić information content (AvgIpc) is 1.44. The van der Waals surface area contributed by atoms with E-state index in [1.807, 2.05) is 208 Å². The minimum absolute atomic E-state index is 0.000757. The number of hydrogen-bond donors (Lipinski definition) is 4. The number of benzene rings is 5. The molecular formula is C94H118BN9O16. The number of fused-ring (bicyclic) bond motifs is 3. The Morgan fingerprint density at radius 3 is 1.12 bits per heavy atom. The van der Waals surface area contributed by atoms with Crippen molar-refractivity contribution in [1.29, 1.82) is 0 Å². The van der Waals surface area contributed by atoms with Crippen LogP contribution in [0.2, 0.25) is 0 Å². The fourth-order valence-electron chi connectivity index (χ4n) is 15.5. The van der Waals surface area contributed by atoms with Crippen LogP contribution in [-0.2, 0) is 18.8 Å². The van der Waals surface area contributed by atoms with Crippen molar-refractivity contribution < 1.29 is 77.1 Å². The molecule has 9 heterocycles. The minimum Gasteiger partial charge on any atom is -0.508 e. The lowest BCUT2D eigenvalue weighted by atomic mass is 9.80. The fraction of sp³-hybridized carbons (Fsp3) is 0.447. The molecule has 7 aliphatic rings. The molecule has 4 N–H and O–H groups in total. The molecule has 638 valence electrons. The molecule has 3 spiro atoms. The third-order valence-corrected chi connectivity index (χ3v) is 22.8. The molecule has 0 radical (unpaired) electrons. The highest BCUT2D eigenvalue weighted by Gasteiger charge is 2.52. The monoisotopic (exact) mass is 1640 g/mol. The number of rotatable bonds is 16. The predicted molar refractivity (Wildman–Crippen MR) is 464 cm³/mol. The van der Waals surface area contributed by atoms with Crippen LogP contribution < -0.4 is 25.0 Å². The molecule has 4 saturated heterocycles. The first kappa shape index (κ1) is 89.6. The number of phenols is 3. The number of pyridine rings is 2. The summed E-state index contributed by atoms with van der Waals surface area (Å²) in [7, 11) is -0.449. The predicted octanol–water partition coefficient (Wildman–Crippen LogP) is 14.8. The summed E-state index contributed by atoms with van der Waals surface area (Å²) in [5, 5.41) is 33.7. The molecule has 7 aromatic rings. The summed E-state index contributed by atoms with van der Waals surface area (Å²) in [5.74, 6) is 2.41. The van der Waals surface area contributed by atoms with Crippen molar-refractivity contribution in [3.05, 3.63) is 214 Å². The SMILES string of the molecule is CCN(CC)C(=O)c1ccc(B2OC(C)(C)C(C)(C)O2)cn1.CCN(CC)C(=O)c1ccc(C2=CC3(CCN(C(=O)OC(C)(C)C)C3)Oc3ccc(O)cc32)cc1.CCN(CC)C(=O)c1ccc(C2=CC3(CCN(C(=O)OC(C)(C)C)C3)Oc3ccc(O)cc32)cn1.CCN(CC)C(=O)c1ccc(C2=CC3(CCNC3)Oc3ccc(O)cc32)cc1. The molecule has 2 aromatic heterocycles. The van der Waals surface area contributed by atoms with E-state index < -0.39 is 29.5 Å². The van der Waals surface area contributed by atoms with Crippen LogP contribution in [-0.4, -0.2) is 228 Å². The Kier molecular flexibility index (Phi) is 27.5. The first-order chi connectivity index (χ1) is 56.8. The van der Waals surface area contributed by atoms with Crippen LogP contribution in [0.25, 0.3) is 16.7 Å². The summed E-state index contributed by atoms with van der Waals surface area (Å²) in [6.45, 7) is 43.5. The molecule has 120 heavy (non-hydrogen) atoms. The van der Waals surface area contributed by atoms with Crippen LogP contribution in [0.1, 0.15) is 219 Å². The number of aromatic hydroxyl groups is 3. The Morgan fingerprint density at radius 1 is 0.442 bits per heavy atom. The second kappa shape index (κ2) is 36.8. The summed E-state index contributed by atoms with van der Waals surface area (Å²) in [5.41, 5.74) is 7.12. The number of amides is 6. The van der Waals surface area contributed by atoms with Crippen molar-refractivity contribution in [3.8, 4) is 34.5 Å². The van der Waals surface area contributed by atoms with Gasteiger partial charge >= 0.3 is 19.3 Å². The highest BCUT2D eigenvalue weighted by atomic mass is 16.7. The lowest BCUT2D eigenvalue weighted by Gasteiger charge is -2.34. The van der Waals surface area contributed by atoms with E-state index in [9.17, 15) is 44.1 Å². The van der Waals surface area contributed by atoms with Crippen LogP contribution in [0.3, 0.4) is 0 Å². The molecule has 4 fully saturated rings. The molecule has 14 rings (SSSR count). The van der Waals surface area contributed by atoms with E-state index in [1.54, 1.807) is 97.6 Å². The molecule has 5 aromatic carbocycles. The minimum atomic E-state index is -0.730. The Bertz CT molecular complexity index is 4760. The lowest BCUT2D eigenvalue weighted by molar-refractivity contribution is 0.00578. The maximum atomic E-state index is 12.7. The van der Waals surface area contributed by atoms with Crippen LogP contribution in [0.5, 0.6) is 34.5 Å². The van der Waals surface area contributed by atoms with Gasteiger partial charge < -0.3 is 83.0 Å².